The Morgan fingerprint density at radius 3 is 2.81 bits per heavy atom. The SMILES string of the molecule is CCOC(=O)c1[nH]c(C)c(CCC(=O)N2CCC[C@H](C(=O)NCCc3cccs3)C2)c1C. The van der Waals surface area contributed by atoms with E-state index >= 15 is 0 Å². The summed E-state index contributed by atoms with van der Waals surface area (Å²) in [7, 11) is 0. The van der Waals surface area contributed by atoms with Crippen LogP contribution in [0, 0.1) is 19.8 Å². The molecular weight excluding hydrogens is 426 g/mol. The summed E-state index contributed by atoms with van der Waals surface area (Å²) in [6.45, 7) is 7.68. The van der Waals surface area contributed by atoms with Crippen LogP contribution >= 0.6 is 11.3 Å². The highest BCUT2D eigenvalue weighted by Gasteiger charge is 2.28. The third-order valence-corrected chi connectivity index (χ3v) is 6.99. The first-order valence-electron chi connectivity index (χ1n) is 11.3. The summed E-state index contributed by atoms with van der Waals surface area (Å²) < 4.78 is 5.10. The number of aryl methyl sites for hydroxylation is 1. The van der Waals surface area contributed by atoms with E-state index in [4.69, 9.17) is 4.74 Å². The quantitative estimate of drug-likeness (QED) is 0.562. The van der Waals surface area contributed by atoms with Gasteiger partial charge in [-0.05, 0) is 69.0 Å². The predicted molar refractivity (Wildman–Crippen MR) is 125 cm³/mol. The third kappa shape index (κ3) is 6.00. The minimum absolute atomic E-state index is 0.0375. The minimum Gasteiger partial charge on any atom is -0.461 e. The zero-order chi connectivity index (χ0) is 23.1. The van der Waals surface area contributed by atoms with Crippen molar-refractivity contribution in [3.05, 3.63) is 44.9 Å². The highest BCUT2D eigenvalue weighted by atomic mass is 32.1. The summed E-state index contributed by atoms with van der Waals surface area (Å²) in [6, 6.07) is 4.09. The van der Waals surface area contributed by atoms with Gasteiger partial charge in [0.15, 0.2) is 0 Å². The van der Waals surface area contributed by atoms with Gasteiger partial charge in [0.1, 0.15) is 5.69 Å². The van der Waals surface area contributed by atoms with Crippen LogP contribution in [0.4, 0.5) is 0 Å². The summed E-state index contributed by atoms with van der Waals surface area (Å²) in [4.78, 5) is 43.7. The van der Waals surface area contributed by atoms with Gasteiger partial charge < -0.3 is 19.9 Å². The molecule has 7 nitrogen and oxygen atoms in total. The number of nitrogens with zero attached hydrogens (tertiary/aromatic N) is 1. The summed E-state index contributed by atoms with van der Waals surface area (Å²) in [5, 5.41) is 5.07. The Morgan fingerprint density at radius 2 is 2.09 bits per heavy atom. The molecule has 3 heterocycles. The van der Waals surface area contributed by atoms with Gasteiger partial charge in [-0.25, -0.2) is 4.79 Å². The molecule has 0 spiro atoms. The normalized spacial score (nSPS) is 16.1. The Bertz CT molecular complexity index is 935. The van der Waals surface area contributed by atoms with Gasteiger partial charge in [0.2, 0.25) is 11.8 Å². The number of ether oxygens (including phenoxy) is 1. The molecule has 2 N–H and O–H groups in total. The van der Waals surface area contributed by atoms with E-state index in [0.717, 1.165) is 36.1 Å². The Balaban J connectivity index is 1.50. The first-order chi connectivity index (χ1) is 15.4. The van der Waals surface area contributed by atoms with E-state index < -0.39 is 0 Å². The molecule has 0 saturated carbocycles. The van der Waals surface area contributed by atoms with Crippen molar-refractivity contribution in [2.45, 2.75) is 52.9 Å². The number of nitrogens with one attached hydrogen (secondary N) is 2. The fourth-order valence-corrected chi connectivity index (χ4v) is 5.00. The molecule has 174 valence electrons. The van der Waals surface area contributed by atoms with Crippen LogP contribution in [0.1, 0.15) is 58.4 Å². The number of amides is 2. The largest absolute Gasteiger partial charge is 0.461 e. The van der Waals surface area contributed by atoms with Crippen molar-refractivity contribution in [3.63, 3.8) is 0 Å². The fourth-order valence-electron chi connectivity index (χ4n) is 4.29. The van der Waals surface area contributed by atoms with Crippen LogP contribution in [0.3, 0.4) is 0 Å². The van der Waals surface area contributed by atoms with Crippen LogP contribution in [0.25, 0.3) is 0 Å². The lowest BCUT2D eigenvalue weighted by Crippen LogP contribution is -2.45. The van der Waals surface area contributed by atoms with Crippen molar-refractivity contribution < 1.29 is 19.1 Å². The first-order valence-corrected chi connectivity index (χ1v) is 12.2. The van der Waals surface area contributed by atoms with E-state index in [1.807, 2.05) is 30.2 Å². The van der Waals surface area contributed by atoms with Crippen LogP contribution in [-0.4, -0.2) is 53.9 Å². The fraction of sp³-hybridized carbons (Fsp3) is 0.542. The monoisotopic (exact) mass is 459 g/mol. The summed E-state index contributed by atoms with van der Waals surface area (Å²) in [6.07, 6.45) is 3.40. The molecule has 8 heteroatoms. The molecule has 0 unspecified atom stereocenters. The van der Waals surface area contributed by atoms with Crippen LogP contribution in [0.5, 0.6) is 0 Å². The molecule has 1 aliphatic rings. The summed E-state index contributed by atoms with van der Waals surface area (Å²) in [5.41, 5.74) is 3.18. The molecule has 1 fully saturated rings. The number of hydrogen-bond donors (Lipinski definition) is 2. The number of rotatable bonds is 9. The standard InChI is InChI=1S/C24H33N3O4S/c1-4-31-24(30)22-16(2)20(17(3)26-22)9-10-21(28)27-13-5-7-18(15-27)23(29)25-12-11-19-8-6-14-32-19/h6,8,14,18,26H,4-5,7,9-13,15H2,1-3H3,(H,25,29)/t18-/m0/s1. The number of esters is 1. The molecule has 0 aliphatic carbocycles. The molecule has 1 saturated heterocycles. The number of aromatic nitrogens is 1. The van der Waals surface area contributed by atoms with Gasteiger partial charge in [0, 0.05) is 36.6 Å². The van der Waals surface area contributed by atoms with Crippen molar-refractivity contribution in [2.24, 2.45) is 5.92 Å². The summed E-state index contributed by atoms with van der Waals surface area (Å²) in [5.74, 6) is -0.425. The Labute approximate surface area is 193 Å². The van der Waals surface area contributed by atoms with Gasteiger partial charge in [-0.3, -0.25) is 9.59 Å². The molecular formula is C24H33N3O4S. The molecule has 32 heavy (non-hydrogen) atoms. The van der Waals surface area contributed by atoms with Gasteiger partial charge in [0.05, 0.1) is 12.5 Å². The predicted octanol–water partition coefficient (Wildman–Crippen LogP) is 3.40. The van der Waals surface area contributed by atoms with Crippen LogP contribution in [0.15, 0.2) is 17.5 Å². The maximum Gasteiger partial charge on any atom is 0.355 e. The van der Waals surface area contributed by atoms with Crippen molar-refractivity contribution in [3.8, 4) is 0 Å². The van der Waals surface area contributed by atoms with E-state index in [1.165, 1.54) is 4.88 Å². The van der Waals surface area contributed by atoms with Crippen molar-refractivity contribution >= 4 is 29.1 Å². The average Bonchev–Trinajstić information content (AvgIpc) is 3.40. The summed E-state index contributed by atoms with van der Waals surface area (Å²) >= 11 is 1.69. The van der Waals surface area contributed by atoms with E-state index in [2.05, 4.69) is 16.4 Å². The van der Waals surface area contributed by atoms with E-state index in [0.29, 0.717) is 44.8 Å². The van der Waals surface area contributed by atoms with Crippen LogP contribution < -0.4 is 5.32 Å². The lowest BCUT2D eigenvalue weighted by atomic mass is 9.96. The maximum absolute atomic E-state index is 12.9. The van der Waals surface area contributed by atoms with Gasteiger partial charge in [-0.1, -0.05) is 6.07 Å². The van der Waals surface area contributed by atoms with Crippen molar-refractivity contribution in [1.82, 2.24) is 15.2 Å². The Morgan fingerprint density at radius 1 is 1.28 bits per heavy atom. The van der Waals surface area contributed by atoms with Gasteiger partial charge >= 0.3 is 5.97 Å². The second kappa shape index (κ2) is 11.3. The average molecular weight is 460 g/mol. The second-order valence-electron chi connectivity index (χ2n) is 8.25. The van der Waals surface area contributed by atoms with Crippen molar-refractivity contribution in [2.75, 3.05) is 26.2 Å². The van der Waals surface area contributed by atoms with E-state index in [9.17, 15) is 14.4 Å². The second-order valence-corrected chi connectivity index (χ2v) is 9.28. The Hall–Kier alpha value is -2.61. The zero-order valence-corrected chi connectivity index (χ0v) is 20.0. The molecule has 0 aromatic carbocycles. The first kappa shape index (κ1) is 24.0. The van der Waals surface area contributed by atoms with Crippen LogP contribution in [0.2, 0.25) is 0 Å². The lowest BCUT2D eigenvalue weighted by Gasteiger charge is -2.32. The molecule has 0 bridgehead atoms. The molecule has 3 rings (SSSR count). The minimum atomic E-state index is -0.366. The number of aromatic amines is 1. The van der Waals surface area contributed by atoms with Gasteiger partial charge in [0.25, 0.3) is 0 Å². The van der Waals surface area contributed by atoms with Crippen LogP contribution in [-0.2, 0) is 27.2 Å². The molecule has 2 aromatic heterocycles. The smallest absolute Gasteiger partial charge is 0.355 e. The number of likely N-dealkylation sites (tertiary alicyclic amines) is 1. The number of carbonyl (C=O) groups is 3. The Kier molecular flexibility index (Phi) is 8.50. The zero-order valence-electron chi connectivity index (χ0n) is 19.2. The molecule has 0 radical (unpaired) electrons. The van der Waals surface area contributed by atoms with Crippen molar-refractivity contribution in [1.29, 1.82) is 0 Å². The molecule has 2 aromatic rings. The number of H-pyrrole nitrogens is 1. The highest BCUT2D eigenvalue weighted by Crippen LogP contribution is 2.22. The lowest BCUT2D eigenvalue weighted by molar-refractivity contribution is -0.135. The topological polar surface area (TPSA) is 91.5 Å². The molecule has 2 amide bonds. The third-order valence-electron chi connectivity index (χ3n) is 6.06. The van der Waals surface area contributed by atoms with Gasteiger partial charge in [-0.15, -0.1) is 11.3 Å². The highest BCUT2D eigenvalue weighted by molar-refractivity contribution is 7.09. The van der Waals surface area contributed by atoms with E-state index in [-0.39, 0.29) is 23.7 Å². The maximum atomic E-state index is 12.9. The van der Waals surface area contributed by atoms with Gasteiger partial charge in [-0.2, -0.15) is 0 Å². The van der Waals surface area contributed by atoms with E-state index in [1.54, 1.807) is 18.3 Å². The molecule has 1 aliphatic heterocycles. The number of piperidine rings is 1. The molecule has 1 atom stereocenters. The number of thiophene rings is 1. The number of carbonyl (C=O) groups excluding carboxylic acids is 3. The number of hydrogen-bond acceptors (Lipinski definition) is 5.